The summed E-state index contributed by atoms with van der Waals surface area (Å²) in [5.74, 6) is 0.811. The van der Waals surface area contributed by atoms with Crippen LogP contribution in [0.15, 0.2) is 10.7 Å². The Labute approximate surface area is 215 Å². The zero-order valence-corrected chi connectivity index (χ0v) is 22.5. The Kier molecular flexibility index (Phi) is 11.2. The van der Waals surface area contributed by atoms with E-state index >= 15 is 0 Å². The van der Waals surface area contributed by atoms with Crippen molar-refractivity contribution in [1.29, 1.82) is 0 Å². The lowest BCUT2D eigenvalue weighted by Crippen LogP contribution is -2.48. The van der Waals surface area contributed by atoms with Gasteiger partial charge in [0.1, 0.15) is 6.26 Å². The number of aliphatic hydroxyl groups excluding tert-OH is 1. The third kappa shape index (κ3) is 8.26. The predicted molar refractivity (Wildman–Crippen MR) is 136 cm³/mol. The molecule has 2 amide bonds. The highest BCUT2D eigenvalue weighted by molar-refractivity contribution is 5.92. The summed E-state index contributed by atoms with van der Waals surface area (Å²) in [7, 11) is 0. The van der Waals surface area contributed by atoms with E-state index in [9.17, 15) is 14.7 Å². The van der Waals surface area contributed by atoms with E-state index in [0.29, 0.717) is 70.0 Å². The minimum absolute atomic E-state index is 0.132. The molecule has 2 atom stereocenters. The molecule has 2 fully saturated rings. The summed E-state index contributed by atoms with van der Waals surface area (Å²) in [6.45, 7) is 16.2. The van der Waals surface area contributed by atoms with Gasteiger partial charge in [-0.05, 0) is 32.6 Å². The van der Waals surface area contributed by atoms with Gasteiger partial charge in [-0.15, -0.1) is 0 Å². The highest BCUT2D eigenvalue weighted by Crippen LogP contribution is 2.21. The van der Waals surface area contributed by atoms with Crippen LogP contribution in [0.3, 0.4) is 0 Å². The predicted octanol–water partition coefficient (Wildman–Crippen LogP) is 1.55. The van der Waals surface area contributed by atoms with E-state index in [1.165, 1.54) is 6.26 Å². The molecule has 36 heavy (non-hydrogen) atoms. The monoisotopic (exact) mass is 507 g/mol. The Morgan fingerprint density at radius 3 is 2.50 bits per heavy atom. The zero-order valence-electron chi connectivity index (χ0n) is 22.5. The van der Waals surface area contributed by atoms with Crippen LogP contribution in [0.5, 0.6) is 0 Å². The fraction of sp³-hybridized carbons (Fsp3) is 0.808. The first kappa shape index (κ1) is 28.6. The summed E-state index contributed by atoms with van der Waals surface area (Å²) < 4.78 is 11.2. The van der Waals surface area contributed by atoms with Crippen LogP contribution in [-0.2, 0) is 16.1 Å². The molecule has 3 rings (SSSR count). The lowest BCUT2D eigenvalue weighted by atomic mass is 9.96. The molecule has 2 saturated heterocycles. The summed E-state index contributed by atoms with van der Waals surface area (Å²) in [6, 6.07) is 0. The van der Waals surface area contributed by atoms with Crippen molar-refractivity contribution in [2.75, 3.05) is 72.1 Å². The van der Waals surface area contributed by atoms with E-state index in [4.69, 9.17) is 9.15 Å². The van der Waals surface area contributed by atoms with Crippen molar-refractivity contribution in [3.05, 3.63) is 17.8 Å². The molecule has 0 spiro atoms. The third-order valence-electron chi connectivity index (χ3n) is 6.96. The van der Waals surface area contributed by atoms with Gasteiger partial charge in [0.25, 0.3) is 5.91 Å². The number of hydrogen-bond acceptors (Lipinski definition) is 8. The maximum Gasteiger partial charge on any atom is 0.275 e. The molecule has 1 N–H and O–H groups in total. The van der Waals surface area contributed by atoms with Crippen molar-refractivity contribution in [1.82, 2.24) is 24.6 Å². The Morgan fingerprint density at radius 1 is 1.14 bits per heavy atom. The largest absolute Gasteiger partial charge is 0.447 e. The number of amides is 2. The fourth-order valence-corrected chi connectivity index (χ4v) is 4.91. The number of aliphatic hydroxyl groups is 1. The van der Waals surface area contributed by atoms with Crippen LogP contribution in [-0.4, -0.2) is 120 Å². The molecule has 0 aliphatic carbocycles. The summed E-state index contributed by atoms with van der Waals surface area (Å²) >= 11 is 0. The van der Waals surface area contributed by atoms with Gasteiger partial charge in [-0.1, -0.05) is 13.8 Å². The average Bonchev–Trinajstić information content (AvgIpc) is 3.33. The number of carbonyl (C=O) groups is 2. The van der Waals surface area contributed by atoms with Gasteiger partial charge < -0.3 is 24.1 Å². The number of rotatable bonds is 12. The molecule has 0 unspecified atom stereocenters. The van der Waals surface area contributed by atoms with E-state index in [2.05, 4.69) is 28.6 Å². The molecular weight excluding hydrogens is 462 g/mol. The van der Waals surface area contributed by atoms with E-state index in [1.54, 1.807) is 4.90 Å². The van der Waals surface area contributed by atoms with Crippen molar-refractivity contribution in [3.63, 3.8) is 0 Å². The topological polar surface area (TPSA) is 103 Å². The Morgan fingerprint density at radius 2 is 1.83 bits per heavy atom. The van der Waals surface area contributed by atoms with E-state index in [0.717, 1.165) is 39.0 Å². The van der Waals surface area contributed by atoms with Crippen molar-refractivity contribution in [2.24, 2.45) is 11.8 Å². The molecule has 2 aliphatic heterocycles. The molecule has 0 saturated carbocycles. The second-order valence-corrected chi connectivity index (χ2v) is 10.4. The maximum atomic E-state index is 13.1. The van der Waals surface area contributed by atoms with Crippen LogP contribution in [0.2, 0.25) is 0 Å². The summed E-state index contributed by atoms with van der Waals surface area (Å²) in [4.78, 5) is 38.4. The number of piperidine rings is 1. The molecule has 3 heterocycles. The number of hydrogen-bond donors (Lipinski definition) is 1. The van der Waals surface area contributed by atoms with Gasteiger partial charge in [0.05, 0.1) is 25.2 Å². The first-order valence-corrected chi connectivity index (χ1v) is 13.5. The van der Waals surface area contributed by atoms with E-state index in [1.807, 2.05) is 18.7 Å². The Bertz CT molecular complexity index is 819. The third-order valence-corrected chi connectivity index (χ3v) is 6.96. The molecule has 0 aromatic carbocycles. The van der Waals surface area contributed by atoms with Crippen molar-refractivity contribution in [3.8, 4) is 0 Å². The van der Waals surface area contributed by atoms with Gasteiger partial charge in [0.2, 0.25) is 11.8 Å². The van der Waals surface area contributed by atoms with Crippen molar-refractivity contribution in [2.45, 2.75) is 53.2 Å². The number of piperazine rings is 1. The molecule has 1 aromatic heterocycles. The Balaban J connectivity index is 1.43. The van der Waals surface area contributed by atoms with Gasteiger partial charge in [-0.25, -0.2) is 4.98 Å². The highest BCUT2D eigenvalue weighted by Gasteiger charge is 2.32. The minimum Gasteiger partial charge on any atom is -0.447 e. The van der Waals surface area contributed by atoms with Gasteiger partial charge >= 0.3 is 0 Å². The van der Waals surface area contributed by atoms with Crippen LogP contribution in [0, 0.1) is 11.8 Å². The summed E-state index contributed by atoms with van der Waals surface area (Å²) in [5.41, 5.74) is 0.309. The maximum absolute atomic E-state index is 13.1. The van der Waals surface area contributed by atoms with Gasteiger partial charge in [0.15, 0.2) is 5.69 Å². The number of aromatic nitrogens is 1. The number of carbonyl (C=O) groups excluding carboxylic acids is 2. The van der Waals surface area contributed by atoms with Crippen LogP contribution in [0.4, 0.5) is 0 Å². The summed E-state index contributed by atoms with van der Waals surface area (Å²) in [5, 5.41) is 10.2. The van der Waals surface area contributed by atoms with E-state index in [-0.39, 0.29) is 17.7 Å². The molecule has 0 radical (unpaired) electrons. The lowest BCUT2D eigenvalue weighted by molar-refractivity contribution is -0.136. The number of likely N-dealkylation sites (tertiary alicyclic amines) is 1. The molecule has 204 valence electrons. The number of ether oxygens (including phenoxy) is 1. The van der Waals surface area contributed by atoms with Crippen LogP contribution >= 0.6 is 0 Å². The highest BCUT2D eigenvalue weighted by atomic mass is 16.5. The SMILES string of the molecule is CCN(CC)C(=O)[C@@H]1CCCN(C(=O)c2coc(CN3CCN(C[C@H](O)COCC(C)C)CC3)n2)C1. The number of β-amino-alcohol motifs (C(OH)–C–C–N with tert-alkyl or cyclic N) is 1. The number of nitrogens with zero attached hydrogens (tertiary/aromatic N) is 5. The zero-order chi connectivity index (χ0) is 26.1. The van der Waals surface area contributed by atoms with Crippen LogP contribution < -0.4 is 0 Å². The van der Waals surface area contributed by atoms with Gasteiger partial charge in [-0.2, -0.15) is 0 Å². The number of oxazole rings is 1. The first-order valence-electron chi connectivity index (χ1n) is 13.5. The molecule has 0 bridgehead atoms. The smallest absolute Gasteiger partial charge is 0.275 e. The lowest BCUT2D eigenvalue weighted by Gasteiger charge is -2.35. The minimum atomic E-state index is -0.479. The summed E-state index contributed by atoms with van der Waals surface area (Å²) in [6.07, 6.45) is 2.60. The standard InChI is InChI=1S/C26H45N5O5/c1-5-30(6-2)25(33)21-8-7-9-31(14-21)26(34)23-19-36-24(27-23)16-29-12-10-28(11-13-29)15-22(32)18-35-17-20(3)4/h19-22,32H,5-18H2,1-4H3/t21-,22+/m1/s1. The molecule has 10 heteroatoms. The average molecular weight is 508 g/mol. The normalized spacial score (nSPS) is 20.6. The second kappa shape index (κ2) is 14.1. The van der Waals surface area contributed by atoms with Gasteiger partial charge in [0, 0.05) is 65.5 Å². The van der Waals surface area contributed by atoms with Crippen molar-refractivity contribution >= 4 is 11.8 Å². The Hall–Kier alpha value is -2.01. The second-order valence-electron chi connectivity index (χ2n) is 10.4. The van der Waals surface area contributed by atoms with E-state index < -0.39 is 6.10 Å². The molecule has 10 nitrogen and oxygen atoms in total. The van der Waals surface area contributed by atoms with Crippen LogP contribution in [0.1, 0.15) is 56.9 Å². The first-order chi connectivity index (χ1) is 17.3. The van der Waals surface area contributed by atoms with Gasteiger partial charge in [-0.3, -0.25) is 19.4 Å². The quantitative estimate of drug-likeness (QED) is 0.455. The molecule has 2 aliphatic rings. The molecule has 1 aromatic rings. The molecular formula is C26H45N5O5. The van der Waals surface area contributed by atoms with Crippen molar-refractivity contribution < 1.29 is 23.8 Å². The van der Waals surface area contributed by atoms with Crippen LogP contribution in [0.25, 0.3) is 0 Å². The fourth-order valence-electron chi connectivity index (χ4n) is 4.91.